The van der Waals surface area contributed by atoms with Gasteiger partial charge in [-0.15, -0.1) is 0 Å². The minimum absolute atomic E-state index is 0.263. The normalized spacial score (nSPS) is 10.5. The van der Waals surface area contributed by atoms with Crippen molar-refractivity contribution < 1.29 is 13.9 Å². The lowest BCUT2D eigenvalue weighted by molar-refractivity contribution is 0.414. The summed E-state index contributed by atoms with van der Waals surface area (Å²) in [4.78, 5) is 0. The first-order valence-electron chi connectivity index (χ1n) is 6.88. The summed E-state index contributed by atoms with van der Waals surface area (Å²) in [5, 5.41) is 0. The van der Waals surface area contributed by atoms with E-state index in [1.54, 1.807) is 20.4 Å². The summed E-state index contributed by atoms with van der Waals surface area (Å²) >= 11 is 0. The summed E-state index contributed by atoms with van der Waals surface area (Å²) in [7, 11) is 3.22. The molecule has 4 heteroatoms. The van der Waals surface area contributed by atoms with E-state index in [2.05, 4.69) is 0 Å². The van der Waals surface area contributed by atoms with Crippen LogP contribution in [0.4, 0.5) is 4.39 Å². The van der Waals surface area contributed by atoms with Crippen LogP contribution in [0.15, 0.2) is 60.8 Å². The van der Waals surface area contributed by atoms with Crippen LogP contribution in [0.2, 0.25) is 0 Å². The number of benzene rings is 2. The lowest BCUT2D eigenvalue weighted by atomic mass is 10.1. The fraction of sp³-hybridized carbons (Fsp3) is 0.111. The Hall–Kier alpha value is -2.75. The molecule has 0 fully saturated rings. The van der Waals surface area contributed by atoms with Gasteiger partial charge in [-0.3, -0.25) is 0 Å². The van der Waals surface area contributed by atoms with Gasteiger partial charge in [0.15, 0.2) is 0 Å². The zero-order valence-electron chi connectivity index (χ0n) is 12.4. The monoisotopic (exact) mass is 297 g/mol. The van der Waals surface area contributed by atoms with Crippen molar-refractivity contribution in [3.63, 3.8) is 0 Å². The maximum atomic E-state index is 14.2. The second-order valence-corrected chi connectivity index (χ2v) is 4.81. The first kappa shape index (κ1) is 14.2. The van der Waals surface area contributed by atoms with Gasteiger partial charge in [0.05, 0.1) is 19.9 Å². The number of rotatable bonds is 4. The molecule has 0 aliphatic carbocycles. The maximum absolute atomic E-state index is 14.2. The molecule has 22 heavy (non-hydrogen) atoms. The minimum Gasteiger partial charge on any atom is -0.497 e. The molecule has 112 valence electrons. The molecule has 0 atom stereocenters. The largest absolute Gasteiger partial charge is 0.497 e. The van der Waals surface area contributed by atoms with Gasteiger partial charge in [0.25, 0.3) is 0 Å². The Balaban J connectivity index is 2.05. The van der Waals surface area contributed by atoms with E-state index in [0.717, 1.165) is 22.7 Å². The number of aromatic nitrogens is 1. The molecule has 3 aromatic rings. The highest BCUT2D eigenvalue weighted by atomic mass is 19.1. The quantitative estimate of drug-likeness (QED) is 0.716. The van der Waals surface area contributed by atoms with Crippen LogP contribution in [0.25, 0.3) is 16.9 Å². The van der Waals surface area contributed by atoms with E-state index < -0.39 is 0 Å². The maximum Gasteiger partial charge on any atom is 0.149 e. The number of methoxy groups -OCH3 is 2. The smallest absolute Gasteiger partial charge is 0.149 e. The molecule has 1 heterocycles. The molecule has 3 nitrogen and oxygen atoms in total. The molecule has 2 aromatic carbocycles. The summed E-state index contributed by atoms with van der Waals surface area (Å²) in [5.74, 6) is 1.25. The van der Waals surface area contributed by atoms with Crippen molar-refractivity contribution >= 4 is 0 Å². The first-order chi connectivity index (χ1) is 10.7. The standard InChI is InChI=1S/C18H16FNO2/c1-21-15-7-3-13(4-8-15)18-17(19)11-12-20(18)14-5-9-16(22-2)10-6-14/h3-12H,1-2H3. The van der Waals surface area contributed by atoms with E-state index in [-0.39, 0.29) is 5.82 Å². The highest BCUT2D eigenvalue weighted by Crippen LogP contribution is 2.29. The Kier molecular flexibility index (Phi) is 3.83. The van der Waals surface area contributed by atoms with Gasteiger partial charge in [-0.2, -0.15) is 0 Å². The Morgan fingerprint density at radius 2 is 1.32 bits per heavy atom. The van der Waals surface area contributed by atoms with Crippen molar-refractivity contribution in [1.29, 1.82) is 0 Å². The van der Waals surface area contributed by atoms with Crippen LogP contribution in [0.1, 0.15) is 0 Å². The summed E-state index contributed by atoms with van der Waals surface area (Å²) < 4.78 is 26.3. The average Bonchev–Trinajstić information content (AvgIpc) is 2.96. The van der Waals surface area contributed by atoms with Gasteiger partial charge in [-0.05, 0) is 54.6 Å². The second-order valence-electron chi connectivity index (χ2n) is 4.81. The molecule has 1 aromatic heterocycles. The zero-order valence-corrected chi connectivity index (χ0v) is 12.4. The van der Waals surface area contributed by atoms with Crippen LogP contribution >= 0.6 is 0 Å². The highest BCUT2D eigenvalue weighted by molar-refractivity contribution is 5.64. The van der Waals surface area contributed by atoms with Crippen molar-refractivity contribution in [2.75, 3.05) is 14.2 Å². The van der Waals surface area contributed by atoms with E-state index in [0.29, 0.717) is 5.69 Å². The van der Waals surface area contributed by atoms with E-state index in [1.807, 2.05) is 53.1 Å². The fourth-order valence-corrected chi connectivity index (χ4v) is 2.39. The van der Waals surface area contributed by atoms with Crippen LogP contribution in [0.5, 0.6) is 11.5 Å². The number of halogens is 1. The summed E-state index contributed by atoms with van der Waals surface area (Å²) in [6, 6.07) is 16.3. The molecule has 0 bridgehead atoms. The zero-order chi connectivity index (χ0) is 15.5. The predicted molar refractivity (Wildman–Crippen MR) is 84.3 cm³/mol. The molecular weight excluding hydrogens is 281 g/mol. The molecule has 3 rings (SSSR count). The van der Waals surface area contributed by atoms with E-state index in [1.165, 1.54) is 6.07 Å². The Morgan fingerprint density at radius 1 is 0.773 bits per heavy atom. The SMILES string of the molecule is COc1ccc(-c2c(F)ccn2-c2ccc(OC)cc2)cc1. The van der Waals surface area contributed by atoms with E-state index in [9.17, 15) is 4.39 Å². The lowest BCUT2D eigenvalue weighted by Gasteiger charge is -2.11. The molecule has 0 saturated carbocycles. The number of nitrogens with zero attached hydrogens (tertiary/aromatic N) is 1. The Labute approximate surface area is 128 Å². The molecule has 0 amide bonds. The van der Waals surface area contributed by atoms with Crippen LogP contribution in [0.3, 0.4) is 0 Å². The summed E-state index contributed by atoms with van der Waals surface area (Å²) in [5.41, 5.74) is 2.18. The molecule has 0 unspecified atom stereocenters. The third kappa shape index (κ3) is 2.55. The molecule has 0 spiro atoms. The van der Waals surface area contributed by atoms with Crippen LogP contribution in [-0.4, -0.2) is 18.8 Å². The minimum atomic E-state index is -0.263. The third-order valence-corrected chi connectivity index (χ3v) is 3.55. The first-order valence-corrected chi connectivity index (χ1v) is 6.88. The molecule has 0 aliphatic rings. The van der Waals surface area contributed by atoms with Crippen molar-refractivity contribution in [2.45, 2.75) is 0 Å². The lowest BCUT2D eigenvalue weighted by Crippen LogP contribution is -1.97. The van der Waals surface area contributed by atoms with Crippen LogP contribution < -0.4 is 9.47 Å². The molecule has 0 radical (unpaired) electrons. The number of hydrogen-bond donors (Lipinski definition) is 0. The van der Waals surface area contributed by atoms with Crippen molar-refractivity contribution in [1.82, 2.24) is 4.57 Å². The number of ether oxygens (including phenoxy) is 2. The van der Waals surface area contributed by atoms with Gasteiger partial charge >= 0.3 is 0 Å². The van der Waals surface area contributed by atoms with Crippen LogP contribution in [0, 0.1) is 5.82 Å². The second kappa shape index (κ2) is 5.93. The highest BCUT2D eigenvalue weighted by Gasteiger charge is 2.13. The third-order valence-electron chi connectivity index (χ3n) is 3.55. The van der Waals surface area contributed by atoms with Crippen molar-refractivity contribution in [3.05, 3.63) is 66.6 Å². The molecular formula is C18H16FNO2. The Morgan fingerprint density at radius 3 is 1.86 bits per heavy atom. The van der Waals surface area contributed by atoms with Gasteiger partial charge in [-0.25, -0.2) is 4.39 Å². The summed E-state index contributed by atoms with van der Waals surface area (Å²) in [6.45, 7) is 0. The van der Waals surface area contributed by atoms with Crippen molar-refractivity contribution in [3.8, 4) is 28.4 Å². The molecule has 0 N–H and O–H groups in total. The predicted octanol–water partition coefficient (Wildman–Crippen LogP) is 4.30. The van der Waals surface area contributed by atoms with Gasteiger partial charge in [0.1, 0.15) is 17.3 Å². The fourth-order valence-electron chi connectivity index (χ4n) is 2.39. The van der Waals surface area contributed by atoms with Gasteiger partial charge < -0.3 is 14.0 Å². The van der Waals surface area contributed by atoms with Gasteiger partial charge in [0, 0.05) is 17.4 Å². The van der Waals surface area contributed by atoms with Crippen LogP contribution in [-0.2, 0) is 0 Å². The van der Waals surface area contributed by atoms with Gasteiger partial charge in [-0.1, -0.05) is 0 Å². The summed E-state index contributed by atoms with van der Waals surface area (Å²) in [6.07, 6.45) is 1.72. The van der Waals surface area contributed by atoms with Gasteiger partial charge in [0.2, 0.25) is 0 Å². The average molecular weight is 297 g/mol. The van der Waals surface area contributed by atoms with Crippen molar-refractivity contribution in [2.24, 2.45) is 0 Å². The number of hydrogen-bond acceptors (Lipinski definition) is 2. The topological polar surface area (TPSA) is 23.4 Å². The molecule has 0 aliphatic heterocycles. The van der Waals surface area contributed by atoms with E-state index >= 15 is 0 Å². The van der Waals surface area contributed by atoms with E-state index in [4.69, 9.17) is 9.47 Å². The Bertz CT molecular complexity index is 761. The molecule has 0 saturated heterocycles.